The Balaban J connectivity index is 1.66. The summed E-state index contributed by atoms with van der Waals surface area (Å²) in [7, 11) is -2.89. The summed E-state index contributed by atoms with van der Waals surface area (Å²) in [5.74, 6) is 0.433. The van der Waals surface area contributed by atoms with E-state index in [1.165, 1.54) is 0 Å². The van der Waals surface area contributed by atoms with Gasteiger partial charge in [0.25, 0.3) is 0 Å². The van der Waals surface area contributed by atoms with Crippen molar-refractivity contribution < 1.29 is 13.2 Å². The first-order valence-corrected chi connectivity index (χ1v) is 9.71. The Morgan fingerprint density at radius 3 is 2.83 bits per heavy atom. The Labute approximate surface area is 136 Å². The second-order valence-corrected chi connectivity index (χ2v) is 8.76. The number of benzene rings is 1. The summed E-state index contributed by atoms with van der Waals surface area (Å²) in [4.78, 5) is 15.5. The summed E-state index contributed by atoms with van der Waals surface area (Å²) in [6.07, 6.45) is 0.961. The number of H-pyrrole nitrogens is 1. The molecule has 124 valence electrons. The molecule has 0 aliphatic carbocycles. The lowest BCUT2D eigenvalue weighted by Crippen LogP contribution is -2.31. The topological polar surface area (TPSA) is 79.0 Å². The molecule has 0 bridgehead atoms. The smallest absolute Gasteiger partial charge is 0.224 e. The fraction of sp³-hybridized carbons (Fsp3) is 0.471. The number of carbonyl (C=O) groups excluding carboxylic acids is 1. The van der Waals surface area contributed by atoms with Crippen LogP contribution in [0.25, 0.3) is 10.9 Å². The molecule has 0 unspecified atom stereocenters. The van der Waals surface area contributed by atoms with Crippen LogP contribution in [-0.2, 0) is 21.1 Å². The van der Waals surface area contributed by atoms with E-state index in [-0.39, 0.29) is 23.3 Å². The predicted octanol–water partition coefficient (Wildman–Crippen LogP) is 1.88. The van der Waals surface area contributed by atoms with Gasteiger partial charge in [0, 0.05) is 23.1 Å². The number of carbonyl (C=O) groups is 1. The van der Waals surface area contributed by atoms with Crippen LogP contribution in [0.3, 0.4) is 0 Å². The summed E-state index contributed by atoms with van der Waals surface area (Å²) < 4.78 is 22.9. The van der Waals surface area contributed by atoms with Crippen LogP contribution in [-0.4, -0.2) is 37.4 Å². The molecule has 1 aliphatic heterocycles. The summed E-state index contributed by atoms with van der Waals surface area (Å²) in [6.45, 7) is 4.45. The van der Waals surface area contributed by atoms with Crippen molar-refractivity contribution in [2.24, 2.45) is 5.92 Å². The van der Waals surface area contributed by atoms with E-state index in [4.69, 9.17) is 0 Å². The molecule has 1 amide bonds. The molecule has 1 atom stereocenters. The summed E-state index contributed by atoms with van der Waals surface area (Å²) in [5.41, 5.74) is 4.22. The maximum atomic E-state index is 12.2. The van der Waals surface area contributed by atoms with Crippen LogP contribution in [0.1, 0.15) is 23.2 Å². The van der Waals surface area contributed by atoms with Crippen LogP contribution in [0.15, 0.2) is 18.2 Å². The molecule has 2 aromatic rings. The van der Waals surface area contributed by atoms with Gasteiger partial charge in [0.05, 0.1) is 17.9 Å². The van der Waals surface area contributed by atoms with Gasteiger partial charge in [-0.3, -0.25) is 4.79 Å². The molecule has 0 saturated carbocycles. The molecule has 1 fully saturated rings. The number of fused-ring (bicyclic) bond motifs is 1. The van der Waals surface area contributed by atoms with Gasteiger partial charge >= 0.3 is 0 Å². The lowest BCUT2D eigenvalue weighted by molar-refractivity contribution is -0.120. The van der Waals surface area contributed by atoms with Gasteiger partial charge in [0.15, 0.2) is 9.84 Å². The quantitative estimate of drug-likeness (QED) is 0.896. The molecule has 0 spiro atoms. The molecule has 1 aromatic carbocycles. The largest absolute Gasteiger partial charge is 0.358 e. The molecule has 1 aliphatic rings. The third-order valence-electron chi connectivity index (χ3n) is 4.53. The first-order chi connectivity index (χ1) is 10.8. The number of nitrogens with one attached hydrogen (secondary N) is 2. The number of hydrogen-bond acceptors (Lipinski definition) is 3. The second-order valence-electron chi connectivity index (χ2n) is 6.53. The Morgan fingerprint density at radius 1 is 1.35 bits per heavy atom. The first-order valence-electron chi connectivity index (χ1n) is 7.89. The van der Waals surface area contributed by atoms with Crippen LogP contribution in [0.2, 0.25) is 0 Å². The normalized spacial score (nSPS) is 20.0. The standard InChI is InChI=1S/C17H22N2O3S/c1-11-3-4-16-15(7-11)14(12(2)19-16)8-17(20)18-9-13-5-6-23(21,22)10-13/h3-4,7,13,19H,5-6,8-10H2,1-2H3,(H,18,20)/t13-/m0/s1. The number of aromatic amines is 1. The van der Waals surface area contributed by atoms with Gasteiger partial charge in [-0.2, -0.15) is 0 Å². The number of aromatic nitrogens is 1. The maximum Gasteiger partial charge on any atom is 0.224 e. The highest BCUT2D eigenvalue weighted by Crippen LogP contribution is 2.24. The van der Waals surface area contributed by atoms with E-state index in [0.29, 0.717) is 19.4 Å². The SMILES string of the molecule is Cc1ccc2[nH]c(C)c(CC(=O)NC[C@@H]3CCS(=O)(=O)C3)c2c1. The van der Waals surface area contributed by atoms with Crippen LogP contribution >= 0.6 is 0 Å². The van der Waals surface area contributed by atoms with Gasteiger partial charge in [-0.25, -0.2) is 8.42 Å². The van der Waals surface area contributed by atoms with Crippen LogP contribution in [0.5, 0.6) is 0 Å². The van der Waals surface area contributed by atoms with Crippen molar-refractivity contribution in [1.29, 1.82) is 0 Å². The molecule has 2 heterocycles. The minimum atomic E-state index is -2.89. The van der Waals surface area contributed by atoms with Gasteiger partial charge in [0.2, 0.25) is 5.91 Å². The van der Waals surface area contributed by atoms with E-state index in [2.05, 4.69) is 16.4 Å². The molecular formula is C17H22N2O3S. The molecule has 3 rings (SSSR count). The summed E-state index contributed by atoms with van der Waals surface area (Å²) >= 11 is 0. The highest BCUT2D eigenvalue weighted by molar-refractivity contribution is 7.91. The number of rotatable bonds is 4. The van der Waals surface area contributed by atoms with Gasteiger partial charge < -0.3 is 10.3 Å². The third kappa shape index (κ3) is 3.58. The Hall–Kier alpha value is -1.82. The fourth-order valence-corrected chi connectivity index (χ4v) is 5.10. The Bertz CT molecular complexity index is 852. The summed E-state index contributed by atoms with van der Waals surface area (Å²) in [5, 5.41) is 3.97. The number of aryl methyl sites for hydroxylation is 2. The average Bonchev–Trinajstić information content (AvgIpc) is 2.97. The lowest BCUT2D eigenvalue weighted by Gasteiger charge is -2.10. The van der Waals surface area contributed by atoms with Crippen molar-refractivity contribution in [3.05, 3.63) is 35.0 Å². The van der Waals surface area contributed by atoms with Crippen molar-refractivity contribution in [2.45, 2.75) is 26.7 Å². The lowest BCUT2D eigenvalue weighted by atomic mass is 10.0. The van der Waals surface area contributed by atoms with Crippen molar-refractivity contribution in [3.63, 3.8) is 0 Å². The predicted molar refractivity (Wildman–Crippen MR) is 91.2 cm³/mol. The number of sulfone groups is 1. The molecule has 23 heavy (non-hydrogen) atoms. The van der Waals surface area contributed by atoms with E-state index in [1.54, 1.807) is 0 Å². The van der Waals surface area contributed by atoms with Gasteiger partial charge in [-0.05, 0) is 43.9 Å². The van der Waals surface area contributed by atoms with E-state index in [0.717, 1.165) is 27.7 Å². The van der Waals surface area contributed by atoms with E-state index in [1.807, 2.05) is 26.0 Å². The monoisotopic (exact) mass is 334 g/mol. The third-order valence-corrected chi connectivity index (χ3v) is 6.36. The molecule has 1 aromatic heterocycles. The minimum absolute atomic E-state index is 0.0512. The Morgan fingerprint density at radius 2 is 2.13 bits per heavy atom. The van der Waals surface area contributed by atoms with E-state index in [9.17, 15) is 13.2 Å². The van der Waals surface area contributed by atoms with Gasteiger partial charge in [-0.15, -0.1) is 0 Å². The molecule has 1 saturated heterocycles. The number of hydrogen-bond donors (Lipinski definition) is 2. The van der Waals surface area contributed by atoms with E-state index < -0.39 is 9.84 Å². The first kappa shape index (κ1) is 16.1. The highest BCUT2D eigenvalue weighted by Gasteiger charge is 2.28. The van der Waals surface area contributed by atoms with E-state index >= 15 is 0 Å². The second kappa shape index (κ2) is 6.00. The molecule has 5 nitrogen and oxygen atoms in total. The molecular weight excluding hydrogens is 312 g/mol. The van der Waals surface area contributed by atoms with Crippen molar-refractivity contribution in [3.8, 4) is 0 Å². The van der Waals surface area contributed by atoms with Crippen LogP contribution in [0.4, 0.5) is 0 Å². The van der Waals surface area contributed by atoms with Crippen LogP contribution in [0, 0.1) is 19.8 Å². The zero-order valence-corrected chi connectivity index (χ0v) is 14.3. The fourth-order valence-electron chi connectivity index (χ4n) is 3.24. The maximum absolute atomic E-state index is 12.2. The zero-order valence-electron chi connectivity index (χ0n) is 13.5. The van der Waals surface area contributed by atoms with Gasteiger partial charge in [0.1, 0.15) is 0 Å². The summed E-state index contributed by atoms with van der Waals surface area (Å²) in [6, 6.07) is 6.16. The van der Waals surface area contributed by atoms with Crippen molar-refractivity contribution in [2.75, 3.05) is 18.1 Å². The molecule has 2 N–H and O–H groups in total. The van der Waals surface area contributed by atoms with Crippen molar-refractivity contribution >= 4 is 26.6 Å². The van der Waals surface area contributed by atoms with Crippen molar-refractivity contribution in [1.82, 2.24) is 10.3 Å². The molecule has 0 radical (unpaired) electrons. The van der Waals surface area contributed by atoms with Gasteiger partial charge in [-0.1, -0.05) is 11.6 Å². The Kier molecular flexibility index (Phi) is 4.19. The average molecular weight is 334 g/mol. The highest BCUT2D eigenvalue weighted by atomic mass is 32.2. The molecule has 6 heteroatoms. The zero-order chi connectivity index (χ0) is 16.6. The minimum Gasteiger partial charge on any atom is -0.358 e. The number of amides is 1. The van der Waals surface area contributed by atoms with Crippen LogP contribution < -0.4 is 5.32 Å².